The summed E-state index contributed by atoms with van der Waals surface area (Å²) in [5, 5.41) is 0. The molecule has 1 heterocycles. The Balaban J connectivity index is 1.73. The fraction of sp³-hybridized carbons (Fsp3) is 0.211. The maximum atomic E-state index is 12.3. The zero-order valence-corrected chi connectivity index (χ0v) is 13.1. The van der Waals surface area contributed by atoms with Gasteiger partial charge in [0.25, 0.3) is 5.91 Å². The molecule has 0 fully saturated rings. The Bertz CT molecular complexity index is 770. The van der Waals surface area contributed by atoms with Crippen LogP contribution in [-0.4, -0.2) is 24.2 Å². The number of anilines is 1. The second kappa shape index (κ2) is 7.08. The summed E-state index contributed by atoms with van der Waals surface area (Å²) in [5.74, 6) is -1.68. The zero-order chi connectivity index (χ0) is 16.9. The Hall–Kier alpha value is -2.95. The number of benzene rings is 2. The fourth-order valence-corrected chi connectivity index (χ4v) is 2.67. The third-order valence-electron chi connectivity index (χ3n) is 3.92. The van der Waals surface area contributed by atoms with E-state index in [1.807, 2.05) is 42.5 Å². The number of esters is 1. The van der Waals surface area contributed by atoms with Gasteiger partial charge >= 0.3 is 5.97 Å². The topological polar surface area (TPSA) is 63.7 Å². The fourth-order valence-electron chi connectivity index (χ4n) is 2.67. The first-order valence-corrected chi connectivity index (χ1v) is 7.77. The predicted molar refractivity (Wildman–Crippen MR) is 88.4 cm³/mol. The molecule has 0 aromatic heterocycles. The number of Topliss-reactive ketones (excluding diaryl/α,β-unsaturated/α-hetero) is 1. The molecule has 0 radical (unpaired) electrons. The summed E-state index contributed by atoms with van der Waals surface area (Å²) < 4.78 is 5.23. The number of amides is 1. The van der Waals surface area contributed by atoms with Crippen molar-refractivity contribution in [2.75, 3.05) is 11.4 Å². The molecule has 0 aliphatic carbocycles. The average molecular weight is 323 g/mol. The molecule has 5 heteroatoms. The van der Waals surface area contributed by atoms with Gasteiger partial charge in [0.1, 0.15) is 13.2 Å². The summed E-state index contributed by atoms with van der Waals surface area (Å²) in [5.41, 5.74) is 2.35. The Morgan fingerprint density at radius 3 is 2.46 bits per heavy atom. The van der Waals surface area contributed by atoms with Crippen molar-refractivity contribution in [2.24, 2.45) is 0 Å². The summed E-state index contributed by atoms with van der Waals surface area (Å²) >= 11 is 0. The van der Waals surface area contributed by atoms with Crippen LogP contribution in [0.15, 0.2) is 54.6 Å². The van der Waals surface area contributed by atoms with E-state index < -0.39 is 17.7 Å². The number of ketones is 1. The SMILES string of the molecule is O=C(CN1C(=O)C(=O)CCc2ccccc21)OCc1ccccc1. The summed E-state index contributed by atoms with van der Waals surface area (Å²) in [7, 11) is 0. The molecule has 122 valence electrons. The molecule has 1 amide bonds. The van der Waals surface area contributed by atoms with Crippen molar-refractivity contribution in [1.82, 2.24) is 0 Å². The highest BCUT2D eigenvalue weighted by molar-refractivity contribution is 6.42. The molecule has 24 heavy (non-hydrogen) atoms. The van der Waals surface area contributed by atoms with Crippen LogP contribution in [0.25, 0.3) is 0 Å². The molecule has 1 aliphatic heterocycles. The minimum absolute atomic E-state index is 0.136. The lowest BCUT2D eigenvalue weighted by Crippen LogP contribution is -2.40. The lowest BCUT2D eigenvalue weighted by atomic mass is 10.1. The summed E-state index contributed by atoms with van der Waals surface area (Å²) in [6, 6.07) is 16.5. The Morgan fingerprint density at radius 1 is 0.958 bits per heavy atom. The minimum atomic E-state index is -0.656. The van der Waals surface area contributed by atoms with Crippen molar-refractivity contribution < 1.29 is 19.1 Å². The van der Waals surface area contributed by atoms with E-state index in [4.69, 9.17) is 4.74 Å². The van der Waals surface area contributed by atoms with Crippen LogP contribution in [0.5, 0.6) is 0 Å². The van der Waals surface area contributed by atoms with Gasteiger partial charge in [0.15, 0.2) is 0 Å². The average Bonchev–Trinajstić information content (AvgIpc) is 2.73. The summed E-state index contributed by atoms with van der Waals surface area (Å²) in [6.07, 6.45) is 0.654. The van der Waals surface area contributed by atoms with E-state index in [9.17, 15) is 14.4 Å². The van der Waals surface area contributed by atoms with Gasteiger partial charge in [0.2, 0.25) is 5.78 Å². The highest BCUT2D eigenvalue weighted by atomic mass is 16.5. The number of nitrogens with zero attached hydrogens (tertiary/aromatic N) is 1. The number of fused-ring (bicyclic) bond motifs is 1. The van der Waals surface area contributed by atoms with Crippen LogP contribution in [0.4, 0.5) is 5.69 Å². The van der Waals surface area contributed by atoms with Gasteiger partial charge in [0, 0.05) is 12.1 Å². The molecule has 0 atom stereocenters. The number of carbonyl (C=O) groups is 3. The maximum absolute atomic E-state index is 12.3. The predicted octanol–water partition coefficient (Wildman–Crippen LogP) is 2.28. The van der Waals surface area contributed by atoms with Gasteiger partial charge in [-0.25, -0.2) is 0 Å². The minimum Gasteiger partial charge on any atom is -0.459 e. The van der Waals surface area contributed by atoms with Crippen LogP contribution in [0.2, 0.25) is 0 Å². The molecule has 5 nitrogen and oxygen atoms in total. The van der Waals surface area contributed by atoms with Gasteiger partial charge < -0.3 is 4.74 Å². The third kappa shape index (κ3) is 3.51. The monoisotopic (exact) mass is 323 g/mol. The van der Waals surface area contributed by atoms with Crippen LogP contribution in [-0.2, 0) is 32.1 Å². The van der Waals surface area contributed by atoms with Gasteiger partial charge in [-0.1, -0.05) is 48.5 Å². The maximum Gasteiger partial charge on any atom is 0.326 e. The van der Waals surface area contributed by atoms with Crippen LogP contribution >= 0.6 is 0 Å². The standard InChI is InChI=1S/C19H17NO4/c21-17-11-10-15-8-4-5-9-16(15)20(19(17)23)12-18(22)24-13-14-6-2-1-3-7-14/h1-9H,10-13H2. The number of hydrogen-bond acceptors (Lipinski definition) is 4. The number of para-hydroxylation sites is 1. The lowest BCUT2D eigenvalue weighted by Gasteiger charge is -2.21. The largest absolute Gasteiger partial charge is 0.459 e. The van der Waals surface area contributed by atoms with Crippen LogP contribution in [0.1, 0.15) is 17.5 Å². The highest BCUT2D eigenvalue weighted by Crippen LogP contribution is 2.25. The molecule has 0 N–H and O–H groups in total. The van der Waals surface area contributed by atoms with Crippen LogP contribution in [0, 0.1) is 0 Å². The third-order valence-corrected chi connectivity index (χ3v) is 3.92. The summed E-state index contributed by atoms with van der Waals surface area (Å²) in [4.78, 5) is 37.5. The first-order valence-electron chi connectivity index (χ1n) is 7.77. The van der Waals surface area contributed by atoms with E-state index in [-0.39, 0.29) is 19.6 Å². The Morgan fingerprint density at radius 2 is 1.67 bits per heavy atom. The van der Waals surface area contributed by atoms with E-state index in [1.54, 1.807) is 12.1 Å². The normalized spacial score (nSPS) is 14.1. The Kier molecular flexibility index (Phi) is 4.70. The molecule has 2 aromatic carbocycles. The van der Waals surface area contributed by atoms with Crippen molar-refractivity contribution in [3.8, 4) is 0 Å². The molecule has 0 saturated carbocycles. The second-order valence-corrected chi connectivity index (χ2v) is 5.59. The molecule has 0 bridgehead atoms. The molecule has 1 aliphatic rings. The molecule has 2 aromatic rings. The quantitative estimate of drug-likeness (QED) is 0.640. The van der Waals surface area contributed by atoms with E-state index in [2.05, 4.69) is 0 Å². The van der Waals surface area contributed by atoms with Crippen molar-refractivity contribution in [3.63, 3.8) is 0 Å². The van der Waals surface area contributed by atoms with Gasteiger partial charge in [0.05, 0.1) is 0 Å². The van der Waals surface area contributed by atoms with E-state index in [1.165, 1.54) is 4.90 Å². The molecular formula is C19H17NO4. The van der Waals surface area contributed by atoms with Crippen molar-refractivity contribution >= 4 is 23.3 Å². The molecular weight excluding hydrogens is 306 g/mol. The first-order chi connectivity index (χ1) is 11.6. The number of hydrogen-bond donors (Lipinski definition) is 0. The van der Waals surface area contributed by atoms with Crippen LogP contribution < -0.4 is 4.90 Å². The second-order valence-electron chi connectivity index (χ2n) is 5.59. The van der Waals surface area contributed by atoms with E-state index in [0.717, 1.165) is 11.1 Å². The van der Waals surface area contributed by atoms with E-state index >= 15 is 0 Å². The van der Waals surface area contributed by atoms with Gasteiger partial charge in [-0.15, -0.1) is 0 Å². The van der Waals surface area contributed by atoms with Crippen molar-refractivity contribution in [3.05, 3.63) is 65.7 Å². The number of rotatable bonds is 4. The zero-order valence-electron chi connectivity index (χ0n) is 13.1. The molecule has 3 rings (SSSR count). The highest BCUT2D eigenvalue weighted by Gasteiger charge is 2.30. The number of aryl methyl sites for hydroxylation is 1. The van der Waals surface area contributed by atoms with Crippen molar-refractivity contribution in [2.45, 2.75) is 19.4 Å². The van der Waals surface area contributed by atoms with E-state index in [0.29, 0.717) is 12.1 Å². The first kappa shape index (κ1) is 15.9. The smallest absolute Gasteiger partial charge is 0.326 e. The van der Waals surface area contributed by atoms with Crippen LogP contribution in [0.3, 0.4) is 0 Å². The Labute approximate surface area is 139 Å². The van der Waals surface area contributed by atoms with Crippen molar-refractivity contribution in [1.29, 1.82) is 0 Å². The van der Waals surface area contributed by atoms with Gasteiger partial charge in [-0.05, 0) is 23.6 Å². The number of ether oxygens (including phenoxy) is 1. The molecule has 0 saturated heterocycles. The van der Waals surface area contributed by atoms with Gasteiger partial charge in [-0.3, -0.25) is 19.3 Å². The molecule has 0 spiro atoms. The van der Waals surface area contributed by atoms with Gasteiger partial charge in [-0.2, -0.15) is 0 Å². The number of carbonyl (C=O) groups excluding carboxylic acids is 3. The lowest BCUT2D eigenvalue weighted by molar-refractivity contribution is -0.144. The summed E-state index contributed by atoms with van der Waals surface area (Å²) in [6.45, 7) is -0.133. The molecule has 0 unspecified atom stereocenters.